The number of likely N-dealkylation sites (tertiary alicyclic amines) is 1. The minimum Gasteiger partial charge on any atom is -0.376 e. The van der Waals surface area contributed by atoms with Crippen molar-refractivity contribution < 1.29 is 13.9 Å². The van der Waals surface area contributed by atoms with Crippen molar-refractivity contribution in [2.45, 2.75) is 58.8 Å². The second kappa shape index (κ2) is 9.14. The number of aryl methyl sites for hydroxylation is 1. The molecule has 30 heavy (non-hydrogen) atoms. The van der Waals surface area contributed by atoms with Crippen molar-refractivity contribution in [2.24, 2.45) is 0 Å². The van der Waals surface area contributed by atoms with Crippen molar-refractivity contribution in [2.75, 3.05) is 25.0 Å². The van der Waals surface area contributed by atoms with E-state index in [2.05, 4.69) is 27.1 Å². The maximum absolute atomic E-state index is 13.6. The van der Waals surface area contributed by atoms with Gasteiger partial charge in [-0.25, -0.2) is 9.18 Å². The fourth-order valence-corrected chi connectivity index (χ4v) is 4.30. The molecule has 1 saturated heterocycles. The molecular formula is C22H30FN5O2. The number of carbonyl (C=O) groups excluding carboxylic acids is 1. The molecule has 0 spiro atoms. The van der Waals surface area contributed by atoms with Gasteiger partial charge in [-0.15, -0.1) is 0 Å². The van der Waals surface area contributed by atoms with Gasteiger partial charge in [0, 0.05) is 61.1 Å². The van der Waals surface area contributed by atoms with Crippen LogP contribution in [-0.4, -0.2) is 46.4 Å². The van der Waals surface area contributed by atoms with Crippen LogP contribution < -0.4 is 10.6 Å². The summed E-state index contributed by atoms with van der Waals surface area (Å²) < 4.78 is 21.4. The molecule has 2 N–H and O–H groups in total. The van der Waals surface area contributed by atoms with Crippen molar-refractivity contribution >= 4 is 11.7 Å². The minimum absolute atomic E-state index is 0.112. The highest BCUT2D eigenvalue weighted by Gasteiger charge is 2.25. The summed E-state index contributed by atoms with van der Waals surface area (Å²) in [6.07, 6.45) is 2.69. The number of fused-ring (bicyclic) bond motifs is 1. The topological polar surface area (TPSA) is 71.4 Å². The Bertz CT molecular complexity index is 905. The van der Waals surface area contributed by atoms with Gasteiger partial charge in [0.1, 0.15) is 5.82 Å². The second-order valence-corrected chi connectivity index (χ2v) is 8.05. The summed E-state index contributed by atoms with van der Waals surface area (Å²) in [6, 6.07) is 4.53. The summed E-state index contributed by atoms with van der Waals surface area (Å²) in [4.78, 5) is 14.7. The highest BCUT2D eigenvalue weighted by atomic mass is 19.1. The summed E-state index contributed by atoms with van der Waals surface area (Å²) >= 11 is 0. The van der Waals surface area contributed by atoms with E-state index in [1.54, 1.807) is 19.1 Å². The largest absolute Gasteiger partial charge is 0.376 e. The lowest BCUT2D eigenvalue weighted by atomic mass is 10.0. The third kappa shape index (κ3) is 4.49. The summed E-state index contributed by atoms with van der Waals surface area (Å²) in [5, 5.41) is 10.6. The van der Waals surface area contributed by atoms with Crippen molar-refractivity contribution in [3.63, 3.8) is 0 Å². The predicted octanol–water partition coefficient (Wildman–Crippen LogP) is 3.21. The number of hydrogen-bond donors (Lipinski definition) is 2. The first kappa shape index (κ1) is 20.8. The lowest BCUT2D eigenvalue weighted by Gasteiger charge is -2.32. The Morgan fingerprint density at radius 2 is 2.13 bits per heavy atom. The maximum Gasteiger partial charge on any atom is 0.319 e. The van der Waals surface area contributed by atoms with E-state index in [1.165, 1.54) is 17.3 Å². The first-order valence-corrected chi connectivity index (χ1v) is 10.7. The van der Waals surface area contributed by atoms with Gasteiger partial charge in [-0.3, -0.25) is 9.58 Å². The Morgan fingerprint density at radius 1 is 1.33 bits per heavy atom. The average molecular weight is 416 g/mol. The van der Waals surface area contributed by atoms with Crippen molar-refractivity contribution in [1.29, 1.82) is 0 Å². The zero-order valence-electron chi connectivity index (χ0n) is 17.7. The quantitative estimate of drug-likeness (QED) is 0.787. The molecule has 3 heterocycles. The van der Waals surface area contributed by atoms with Gasteiger partial charge in [0.2, 0.25) is 0 Å². The molecule has 8 heteroatoms. The van der Waals surface area contributed by atoms with Crippen molar-refractivity contribution in [1.82, 2.24) is 20.0 Å². The molecule has 2 aliphatic heterocycles. The molecule has 0 atom stereocenters. The molecule has 0 unspecified atom stereocenters. The Labute approximate surface area is 176 Å². The number of nitrogens with zero attached hydrogens (tertiary/aromatic N) is 3. The highest BCUT2D eigenvalue weighted by molar-refractivity contribution is 5.90. The van der Waals surface area contributed by atoms with E-state index in [0.717, 1.165) is 57.7 Å². The van der Waals surface area contributed by atoms with E-state index in [-0.39, 0.29) is 17.9 Å². The molecular weight excluding hydrogens is 385 g/mol. The van der Waals surface area contributed by atoms with Crippen LogP contribution in [-0.2, 0) is 30.9 Å². The number of urea groups is 1. The number of piperidine rings is 1. The van der Waals surface area contributed by atoms with Crippen LogP contribution in [0.1, 0.15) is 42.3 Å². The Morgan fingerprint density at radius 3 is 2.90 bits per heavy atom. The summed E-state index contributed by atoms with van der Waals surface area (Å²) in [6.45, 7) is 8.72. The number of benzene rings is 1. The van der Waals surface area contributed by atoms with Crippen LogP contribution in [0.25, 0.3) is 0 Å². The van der Waals surface area contributed by atoms with E-state index in [1.807, 2.05) is 0 Å². The number of anilines is 1. The molecule has 0 radical (unpaired) electrons. The normalized spacial score (nSPS) is 17.6. The molecule has 2 amide bonds. The Balaban J connectivity index is 1.29. The van der Waals surface area contributed by atoms with Gasteiger partial charge in [0.25, 0.3) is 0 Å². The second-order valence-electron chi connectivity index (χ2n) is 8.05. The molecule has 1 fully saturated rings. The smallest absolute Gasteiger partial charge is 0.319 e. The summed E-state index contributed by atoms with van der Waals surface area (Å²) in [7, 11) is 0. The number of rotatable bonds is 5. The van der Waals surface area contributed by atoms with Gasteiger partial charge in [-0.2, -0.15) is 5.10 Å². The SMILES string of the molecule is CCn1nc(CN2CCC(NC(=O)Nc3cccc(F)c3C)CC2)c2c1CCOC2. The fourth-order valence-electron chi connectivity index (χ4n) is 4.30. The van der Waals surface area contributed by atoms with Crippen LogP contribution in [0.5, 0.6) is 0 Å². The molecule has 2 aromatic rings. The monoisotopic (exact) mass is 415 g/mol. The van der Waals surface area contributed by atoms with Gasteiger partial charge in [0.15, 0.2) is 0 Å². The first-order valence-electron chi connectivity index (χ1n) is 10.7. The van der Waals surface area contributed by atoms with Crippen molar-refractivity contribution in [3.05, 3.63) is 46.5 Å². The number of nitrogens with one attached hydrogen (secondary N) is 2. The third-order valence-electron chi connectivity index (χ3n) is 6.09. The van der Waals surface area contributed by atoms with Gasteiger partial charge in [0.05, 0.1) is 18.9 Å². The van der Waals surface area contributed by atoms with Gasteiger partial charge < -0.3 is 15.4 Å². The Hall–Kier alpha value is -2.45. The zero-order valence-corrected chi connectivity index (χ0v) is 17.7. The van der Waals surface area contributed by atoms with E-state index < -0.39 is 0 Å². The van der Waals surface area contributed by atoms with Crippen LogP contribution in [0.2, 0.25) is 0 Å². The number of halogens is 1. The number of aromatic nitrogens is 2. The number of ether oxygens (including phenoxy) is 1. The van der Waals surface area contributed by atoms with Gasteiger partial charge in [-0.05, 0) is 38.8 Å². The van der Waals surface area contributed by atoms with Gasteiger partial charge >= 0.3 is 6.03 Å². The minimum atomic E-state index is -0.320. The summed E-state index contributed by atoms with van der Waals surface area (Å²) in [5.41, 5.74) is 4.65. The lowest BCUT2D eigenvalue weighted by molar-refractivity contribution is 0.107. The standard InChI is InChI=1S/C22H30FN5O2/c1-3-28-21-9-12-30-14-17(21)20(26-28)13-27-10-7-16(8-11-27)24-22(29)25-19-6-4-5-18(23)15(19)2/h4-6,16H,3,7-14H2,1-2H3,(H2,24,25,29). The van der Waals surface area contributed by atoms with Crippen LogP contribution in [0.4, 0.5) is 14.9 Å². The average Bonchev–Trinajstić information content (AvgIpc) is 3.10. The first-order chi connectivity index (χ1) is 14.5. The van der Waals surface area contributed by atoms with E-state index in [9.17, 15) is 9.18 Å². The highest BCUT2D eigenvalue weighted by Crippen LogP contribution is 2.23. The van der Waals surface area contributed by atoms with Crippen LogP contribution in [0.3, 0.4) is 0 Å². The predicted molar refractivity (Wildman–Crippen MR) is 113 cm³/mol. The molecule has 0 bridgehead atoms. The molecule has 0 aliphatic carbocycles. The maximum atomic E-state index is 13.6. The molecule has 4 rings (SSSR count). The van der Waals surface area contributed by atoms with E-state index >= 15 is 0 Å². The third-order valence-corrected chi connectivity index (χ3v) is 6.09. The molecule has 2 aliphatic rings. The van der Waals surface area contributed by atoms with Crippen LogP contribution in [0, 0.1) is 12.7 Å². The Kier molecular flexibility index (Phi) is 6.34. The molecule has 162 valence electrons. The van der Waals surface area contributed by atoms with Crippen LogP contribution >= 0.6 is 0 Å². The lowest BCUT2D eigenvalue weighted by Crippen LogP contribution is -2.45. The summed E-state index contributed by atoms with van der Waals surface area (Å²) in [5.74, 6) is -0.320. The number of carbonyl (C=O) groups is 1. The number of amides is 2. The molecule has 1 aromatic carbocycles. The van der Waals surface area contributed by atoms with E-state index in [0.29, 0.717) is 17.9 Å². The number of hydrogen-bond acceptors (Lipinski definition) is 4. The fraction of sp³-hybridized carbons (Fsp3) is 0.545. The van der Waals surface area contributed by atoms with Crippen LogP contribution in [0.15, 0.2) is 18.2 Å². The zero-order chi connectivity index (χ0) is 21.1. The van der Waals surface area contributed by atoms with E-state index in [4.69, 9.17) is 9.84 Å². The molecule has 1 aromatic heterocycles. The molecule has 0 saturated carbocycles. The molecule has 7 nitrogen and oxygen atoms in total. The van der Waals surface area contributed by atoms with Crippen molar-refractivity contribution in [3.8, 4) is 0 Å². The van der Waals surface area contributed by atoms with Gasteiger partial charge in [-0.1, -0.05) is 6.07 Å².